The van der Waals surface area contributed by atoms with Crippen LogP contribution < -0.4 is 10.5 Å². The lowest BCUT2D eigenvalue weighted by Crippen LogP contribution is -2.09. The number of nitrogens with zero attached hydrogens (tertiary/aromatic N) is 1. The molecule has 5 heteroatoms. The number of nitrogens with two attached hydrogens (primary N) is 1. The summed E-state index contributed by atoms with van der Waals surface area (Å²) in [5, 5.41) is 3.83. The van der Waals surface area contributed by atoms with Crippen LogP contribution in [-0.2, 0) is 6.61 Å². The molecule has 3 aromatic rings. The van der Waals surface area contributed by atoms with Gasteiger partial charge in [-0.3, -0.25) is 4.79 Å². The summed E-state index contributed by atoms with van der Waals surface area (Å²) in [5.74, 6) is 0.166. The van der Waals surface area contributed by atoms with Gasteiger partial charge in [0.2, 0.25) is 5.76 Å². The first-order chi connectivity index (χ1) is 11.5. The smallest absolute Gasteiger partial charge is 0.287 e. The summed E-state index contributed by atoms with van der Waals surface area (Å²) in [6, 6.07) is 15.3. The molecule has 5 nitrogen and oxygen atoms in total. The van der Waals surface area contributed by atoms with Crippen molar-refractivity contribution in [3.05, 3.63) is 71.0 Å². The average molecular weight is 322 g/mol. The third-order valence-electron chi connectivity index (χ3n) is 3.80. The molecule has 0 saturated heterocycles. The van der Waals surface area contributed by atoms with Gasteiger partial charge in [0.25, 0.3) is 5.91 Å². The Kier molecular flexibility index (Phi) is 4.33. The van der Waals surface area contributed by atoms with E-state index < -0.39 is 5.91 Å². The SMILES string of the molecule is Cc1ccc(COc2ccc(-c3cc(C(N)=O)on3)cc2)c(C)c1. The van der Waals surface area contributed by atoms with Crippen molar-refractivity contribution in [3.8, 4) is 17.0 Å². The van der Waals surface area contributed by atoms with Crippen LogP contribution in [0.25, 0.3) is 11.3 Å². The van der Waals surface area contributed by atoms with Crippen molar-refractivity contribution >= 4 is 5.91 Å². The highest BCUT2D eigenvalue weighted by atomic mass is 16.5. The zero-order valence-electron chi connectivity index (χ0n) is 13.6. The van der Waals surface area contributed by atoms with Crippen molar-refractivity contribution < 1.29 is 14.1 Å². The molecule has 0 aliphatic heterocycles. The number of rotatable bonds is 5. The lowest BCUT2D eigenvalue weighted by Gasteiger charge is -2.09. The number of aromatic nitrogens is 1. The van der Waals surface area contributed by atoms with Crippen LogP contribution in [0.4, 0.5) is 0 Å². The Bertz CT molecular complexity index is 867. The zero-order chi connectivity index (χ0) is 17.1. The van der Waals surface area contributed by atoms with Crippen molar-refractivity contribution in [3.63, 3.8) is 0 Å². The summed E-state index contributed by atoms with van der Waals surface area (Å²) in [4.78, 5) is 11.0. The molecule has 0 unspecified atom stereocenters. The first kappa shape index (κ1) is 15.8. The van der Waals surface area contributed by atoms with Crippen LogP contribution in [0.15, 0.2) is 53.1 Å². The van der Waals surface area contributed by atoms with Gasteiger partial charge in [-0.05, 0) is 49.2 Å². The second kappa shape index (κ2) is 6.58. The Hall–Kier alpha value is -3.08. The minimum atomic E-state index is -0.637. The molecule has 0 bridgehead atoms. The summed E-state index contributed by atoms with van der Waals surface area (Å²) in [6.45, 7) is 4.67. The predicted molar refractivity (Wildman–Crippen MR) is 90.7 cm³/mol. The topological polar surface area (TPSA) is 78.4 Å². The van der Waals surface area contributed by atoms with E-state index in [0.717, 1.165) is 16.9 Å². The van der Waals surface area contributed by atoms with Gasteiger partial charge in [0, 0.05) is 11.6 Å². The number of ether oxygens (including phenoxy) is 1. The molecule has 0 radical (unpaired) electrons. The zero-order valence-corrected chi connectivity index (χ0v) is 13.6. The fraction of sp³-hybridized carbons (Fsp3) is 0.158. The minimum Gasteiger partial charge on any atom is -0.489 e. The third-order valence-corrected chi connectivity index (χ3v) is 3.80. The van der Waals surface area contributed by atoms with E-state index in [1.807, 2.05) is 24.3 Å². The highest BCUT2D eigenvalue weighted by molar-refractivity contribution is 5.90. The van der Waals surface area contributed by atoms with Crippen molar-refractivity contribution in [2.45, 2.75) is 20.5 Å². The number of carbonyl (C=O) groups is 1. The van der Waals surface area contributed by atoms with Gasteiger partial charge in [-0.1, -0.05) is 28.9 Å². The lowest BCUT2D eigenvalue weighted by molar-refractivity contribution is 0.0965. The molecule has 0 spiro atoms. The maximum Gasteiger partial charge on any atom is 0.287 e. The molecule has 1 amide bonds. The average Bonchev–Trinajstić information content (AvgIpc) is 3.05. The Morgan fingerprint density at radius 1 is 1.12 bits per heavy atom. The number of hydrogen-bond donors (Lipinski definition) is 1. The second-order valence-electron chi connectivity index (χ2n) is 5.68. The van der Waals surface area contributed by atoms with Crippen molar-refractivity contribution in [2.75, 3.05) is 0 Å². The number of amides is 1. The van der Waals surface area contributed by atoms with Crippen LogP contribution >= 0.6 is 0 Å². The first-order valence-electron chi connectivity index (χ1n) is 7.59. The number of benzene rings is 2. The van der Waals surface area contributed by atoms with E-state index in [0.29, 0.717) is 12.3 Å². The van der Waals surface area contributed by atoms with Crippen molar-refractivity contribution in [2.24, 2.45) is 5.73 Å². The molecule has 0 fully saturated rings. The monoisotopic (exact) mass is 322 g/mol. The van der Waals surface area contributed by atoms with E-state index in [1.165, 1.54) is 17.2 Å². The number of aryl methyl sites for hydroxylation is 2. The normalized spacial score (nSPS) is 10.6. The summed E-state index contributed by atoms with van der Waals surface area (Å²) < 4.78 is 10.7. The first-order valence-corrected chi connectivity index (χ1v) is 7.59. The van der Waals surface area contributed by atoms with Crippen LogP contribution in [-0.4, -0.2) is 11.1 Å². The molecule has 0 aliphatic rings. The van der Waals surface area contributed by atoms with Gasteiger partial charge in [-0.25, -0.2) is 0 Å². The summed E-state index contributed by atoms with van der Waals surface area (Å²) >= 11 is 0. The molecule has 122 valence electrons. The van der Waals surface area contributed by atoms with E-state index in [1.54, 1.807) is 0 Å². The van der Waals surface area contributed by atoms with E-state index >= 15 is 0 Å². The van der Waals surface area contributed by atoms with Crippen LogP contribution in [0.2, 0.25) is 0 Å². The van der Waals surface area contributed by atoms with Crippen LogP contribution in [0.3, 0.4) is 0 Å². The molecule has 24 heavy (non-hydrogen) atoms. The second-order valence-corrected chi connectivity index (χ2v) is 5.68. The molecule has 0 saturated carbocycles. The molecule has 0 aliphatic carbocycles. The number of primary amides is 1. The quantitative estimate of drug-likeness (QED) is 0.778. The Labute approximate surface area is 140 Å². The largest absolute Gasteiger partial charge is 0.489 e. The van der Waals surface area contributed by atoms with Gasteiger partial charge < -0.3 is 15.0 Å². The molecule has 2 N–H and O–H groups in total. The molecule has 3 rings (SSSR count). The van der Waals surface area contributed by atoms with Gasteiger partial charge in [-0.15, -0.1) is 0 Å². The summed E-state index contributed by atoms with van der Waals surface area (Å²) in [6.07, 6.45) is 0. The van der Waals surface area contributed by atoms with E-state index in [9.17, 15) is 4.79 Å². The molecule has 2 aromatic carbocycles. The van der Waals surface area contributed by atoms with Crippen LogP contribution in [0.5, 0.6) is 5.75 Å². The minimum absolute atomic E-state index is 0.0418. The van der Waals surface area contributed by atoms with E-state index in [4.69, 9.17) is 15.0 Å². The van der Waals surface area contributed by atoms with Crippen molar-refractivity contribution in [1.82, 2.24) is 5.16 Å². The summed E-state index contributed by atoms with van der Waals surface area (Å²) in [7, 11) is 0. The summed E-state index contributed by atoms with van der Waals surface area (Å²) in [5.41, 5.74) is 10.2. The van der Waals surface area contributed by atoms with Gasteiger partial charge in [0.15, 0.2) is 0 Å². The van der Waals surface area contributed by atoms with E-state index in [-0.39, 0.29) is 5.76 Å². The Balaban J connectivity index is 1.69. The van der Waals surface area contributed by atoms with Gasteiger partial charge in [0.05, 0.1) is 0 Å². The Morgan fingerprint density at radius 3 is 2.50 bits per heavy atom. The molecule has 1 aromatic heterocycles. The van der Waals surface area contributed by atoms with Gasteiger partial charge >= 0.3 is 0 Å². The molecule has 0 atom stereocenters. The molecule has 1 heterocycles. The van der Waals surface area contributed by atoms with Gasteiger partial charge in [0.1, 0.15) is 18.1 Å². The standard InChI is InChI=1S/C19H18N2O3/c1-12-3-4-15(13(2)9-12)11-23-16-7-5-14(6-8-16)17-10-18(19(20)22)24-21-17/h3-10H,11H2,1-2H3,(H2,20,22). The van der Waals surface area contributed by atoms with Gasteiger partial charge in [-0.2, -0.15) is 0 Å². The van der Waals surface area contributed by atoms with E-state index in [2.05, 4.69) is 37.2 Å². The number of carbonyl (C=O) groups excluding carboxylic acids is 1. The van der Waals surface area contributed by atoms with Crippen molar-refractivity contribution in [1.29, 1.82) is 0 Å². The maximum absolute atomic E-state index is 11.0. The molecular formula is C19H18N2O3. The Morgan fingerprint density at radius 2 is 1.88 bits per heavy atom. The predicted octanol–water partition coefficient (Wildman–Crippen LogP) is 3.64. The highest BCUT2D eigenvalue weighted by Crippen LogP contribution is 2.23. The third kappa shape index (κ3) is 3.46. The fourth-order valence-corrected chi connectivity index (χ4v) is 2.42. The van der Waals surface area contributed by atoms with Crippen LogP contribution in [0, 0.1) is 13.8 Å². The fourth-order valence-electron chi connectivity index (χ4n) is 2.42. The maximum atomic E-state index is 11.0. The highest BCUT2D eigenvalue weighted by Gasteiger charge is 2.10. The van der Waals surface area contributed by atoms with Crippen LogP contribution in [0.1, 0.15) is 27.2 Å². The number of hydrogen-bond acceptors (Lipinski definition) is 4. The molecular weight excluding hydrogens is 304 g/mol. The lowest BCUT2D eigenvalue weighted by atomic mass is 10.1.